The number of piperidine rings is 1. The van der Waals surface area contributed by atoms with Crippen LogP contribution in [0.15, 0.2) is 65.7 Å². The standard InChI is InChI=1S/C27H39N5/c1-28-27(30-26-14-18-32(19-15-26)21-24-10-6-3-7-11-24)29-20-25-13-17-31(22-25)16-12-23-8-4-2-5-9-23/h2-11,25-26H,12-22H2,1H3,(H2,28,29,30). The van der Waals surface area contributed by atoms with Gasteiger partial charge in [-0.25, -0.2) is 0 Å². The van der Waals surface area contributed by atoms with Crippen molar-refractivity contribution in [2.45, 2.75) is 38.3 Å². The fourth-order valence-electron chi connectivity index (χ4n) is 4.92. The van der Waals surface area contributed by atoms with E-state index >= 15 is 0 Å². The molecule has 32 heavy (non-hydrogen) atoms. The van der Waals surface area contributed by atoms with E-state index in [1.807, 2.05) is 7.05 Å². The number of nitrogens with zero attached hydrogens (tertiary/aromatic N) is 3. The van der Waals surface area contributed by atoms with Crippen molar-refractivity contribution >= 4 is 5.96 Å². The molecule has 2 aromatic rings. The average molecular weight is 434 g/mol. The molecule has 5 nitrogen and oxygen atoms in total. The van der Waals surface area contributed by atoms with Crippen LogP contribution in [0.3, 0.4) is 0 Å². The predicted octanol–water partition coefficient (Wildman–Crippen LogP) is 3.38. The number of nitrogens with one attached hydrogen (secondary N) is 2. The van der Waals surface area contributed by atoms with Gasteiger partial charge in [0.05, 0.1) is 0 Å². The molecule has 5 heteroatoms. The van der Waals surface area contributed by atoms with E-state index in [1.54, 1.807) is 0 Å². The summed E-state index contributed by atoms with van der Waals surface area (Å²) in [5.74, 6) is 1.67. The maximum absolute atomic E-state index is 4.49. The molecule has 0 aliphatic carbocycles. The first-order valence-electron chi connectivity index (χ1n) is 12.3. The Kier molecular flexibility index (Phi) is 8.57. The lowest BCUT2D eigenvalue weighted by Gasteiger charge is -2.33. The minimum absolute atomic E-state index is 0.513. The van der Waals surface area contributed by atoms with E-state index in [1.165, 1.54) is 43.5 Å². The minimum Gasteiger partial charge on any atom is -0.356 e. The molecule has 0 aromatic heterocycles. The zero-order valence-electron chi connectivity index (χ0n) is 19.5. The number of hydrogen-bond acceptors (Lipinski definition) is 3. The molecule has 2 N–H and O–H groups in total. The van der Waals surface area contributed by atoms with E-state index in [-0.39, 0.29) is 0 Å². The van der Waals surface area contributed by atoms with Gasteiger partial charge in [-0.15, -0.1) is 0 Å². The van der Waals surface area contributed by atoms with Gasteiger partial charge in [-0.3, -0.25) is 9.89 Å². The number of aliphatic imine (C=N–C) groups is 1. The molecule has 172 valence electrons. The number of rotatable bonds is 8. The zero-order chi connectivity index (χ0) is 22.0. The largest absolute Gasteiger partial charge is 0.356 e. The summed E-state index contributed by atoms with van der Waals surface area (Å²) in [6, 6.07) is 22.1. The van der Waals surface area contributed by atoms with Crippen LogP contribution in [-0.4, -0.2) is 68.1 Å². The maximum atomic E-state index is 4.49. The minimum atomic E-state index is 0.513. The Hall–Kier alpha value is -2.37. The Balaban J connectivity index is 1.12. The van der Waals surface area contributed by atoms with Gasteiger partial charge in [-0.2, -0.15) is 0 Å². The zero-order valence-corrected chi connectivity index (χ0v) is 19.5. The first kappa shape index (κ1) is 22.8. The highest BCUT2D eigenvalue weighted by atomic mass is 15.2. The second kappa shape index (κ2) is 12.0. The van der Waals surface area contributed by atoms with E-state index < -0.39 is 0 Å². The topological polar surface area (TPSA) is 42.9 Å². The van der Waals surface area contributed by atoms with Crippen LogP contribution < -0.4 is 10.6 Å². The summed E-state index contributed by atoms with van der Waals surface area (Å²) in [5, 5.41) is 7.27. The van der Waals surface area contributed by atoms with Crippen molar-refractivity contribution in [2.24, 2.45) is 10.9 Å². The second-order valence-corrected chi connectivity index (χ2v) is 9.32. The van der Waals surface area contributed by atoms with Gasteiger partial charge < -0.3 is 15.5 Å². The lowest BCUT2D eigenvalue weighted by Crippen LogP contribution is -2.49. The Labute approximate surface area is 193 Å². The first-order chi connectivity index (χ1) is 15.8. The molecule has 0 spiro atoms. The fourth-order valence-corrected chi connectivity index (χ4v) is 4.92. The van der Waals surface area contributed by atoms with E-state index in [0.717, 1.165) is 45.1 Å². The highest BCUT2D eigenvalue weighted by Crippen LogP contribution is 2.17. The van der Waals surface area contributed by atoms with Crippen LogP contribution in [0.1, 0.15) is 30.4 Å². The molecule has 1 unspecified atom stereocenters. The summed E-state index contributed by atoms with van der Waals surface area (Å²) < 4.78 is 0. The monoisotopic (exact) mass is 433 g/mol. The molecular formula is C27H39N5. The molecule has 2 aromatic carbocycles. The van der Waals surface area contributed by atoms with Crippen LogP contribution in [0.5, 0.6) is 0 Å². The molecule has 2 fully saturated rings. The average Bonchev–Trinajstić information content (AvgIpc) is 3.31. The molecular weight excluding hydrogens is 394 g/mol. The van der Waals surface area contributed by atoms with E-state index in [4.69, 9.17) is 0 Å². The summed E-state index contributed by atoms with van der Waals surface area (Å²) in [5.41, 5.74) is 2.85. The summed E-state index contributed by atoms with van der Waals surface area (Å²) in [6.45, 7) is 7.91. The van der Waals surface area contributed by atoms with Crippen LogP contribution in [0.4, 0.5) is 0 Å². The Morgan fingerprint density at radius 3 is 2.22 bits per heavy atom. The third kappa shape index (κ3) is 7.07. The third-order valence-corrected chi connectivity index (χ3v) is 6.89. The third-order valence-electron chi connectivity index (χ3n) is 6.89. The summed E-state index contributed by atoms with van der Waals surface area (Å²) in [6.07, 6.45) is 4.76. The van der Waals surface area contributed by atoms with Crippen molar-refractivity contribution in [3.05, 3.63) is 71.8 Å². The normalized spacial score (nSPS) is 21.0. The van der Waals surface area contributed by atoms with Crippen molar-refractivity contribution in [3.63, 3.8) is 0 Å². The summed E-state index contributed by atoms with van der Waals surface area (Å²) in [4.78, 5) is 9.66. The number of likely N-dealkylation sites (tertiary alicyclic amines) is 2. The van der Waals surface area contributed by atoms with Crippen LogP contribution >= 0.6 is 0 Å². The van der Waals surface area contributed by atoms with Gasteiger partial charge in [-0.05, 0) is 49.3 Å². The van der Waals surface area contributed by atoms with Crippen molar-refractivity contribution < 1.29 is 0 Å². The maximum Gasteiger partial charge on any atom is 0.191 e. The number of benzene rings is 2. The summed E-state index contributed by atoms with van der Waals surface area (Å²) in [7, 11) is 1.89. The number of hydrogen-bond donors (Lipinski definition) is 2. The lowest BCUT2D eigenvalue weighted by atomic mass is 10.0. The highest BCUT2D eigenvalue weighted by molar-refractivity contribution is 5.79. The van der Waals surface area contributed by atoms with Gasteiger partial charge in [0.2, 0.25) is 0 Å². The van der Waals surface area contributed by atoms with Gasteiger partial charge in [0.25, 0.3) is 0 Å². The Bertz CT molecular complexity index is 814. The fraction of sp³-hybridized carbons (Fsp3) is 0.519. The van der Waals surface area contributed by atoms with Gasteiger partial charge in [-0.1, -0.05) is 60.7 Å². The Morgan fingerprint density at radius 2 is 1.53 bits per heavy atom. The molecule has 0 bridgehead atoms. The molecule has 2 aliphatic heterocycles. The second-order valence-electron chi connectivity index (χ2n) is 9.32. The van der Waals surface area contributed by atoms with E-state index in [2.05, 4.69) is 86.1 Å². The van der Waals surface area contributed by atoms with Crippen LogP contribution in [0, 0.1) is 5.92 Å². The molecule has 1 atom stereocenters. The predicted molar refractivity (Wildman–Crippen MR) is 134 cm³/mol. The molecule has 0 amide bonds. The lowest BCUT2D eigenvalue weighted by molar-refractivity contribution is 0.198. The van der Waals surface area contributed by atoms with Crippen molar-refractivity contribution in [1.82, 2.24) is 20.4 Å². The van der Waals surface area contributed by atoms with Gasteiger partial charge >= 0.3 is 0 Å². The van der Waals surface area contributed by atoms with Gasteiger partial charge in [0.1, 0.15) is 0 Å². The Morgan fingerprint density at radius 1 is 0.875 bits per heavy atom. The number of guanidine groups is 1. The quantitative estimate of drug-likeness (QED) is 0.495. The molecule has 0 radical (unpaired) electrons. The highest BCUT2D eigenvalue weighted by Gasteiger charge is 2.23. The smallest absolute Gasteiger partial charge is 0.191 e. The van der Waals surface area contributed by atoms with E-state index in [0.29, 0.717) is 12.0 Å². The van der Waals surface area contributed by atoms with Crippen molar-refractivity contribution in [3.8, 4) is 0 Å². The molecule has 2 heterocycles. The molecule has 0 saturated carbocycles. The van der Waals surface area contributed by atoms with Crippen LogP contribution in [0.25, 0.3) is 0 Å². The van der Waals surface area contributed by atoms with Gasteiger partial charge in [0, 0.05) is 52.4 Å². The SMILES string of the molecule is CN=C(NCC1CCN(CCc2ccccc2)C1)NC1CCN(Cc2ccccc2)CC1. The van der Waals surface area contributed by atoms with Crippen molar-refractivity contribution in [2.75, 3.05) is 46.3 Å². The molecule has 2 aliphatic rings. The molecule has 4 rings (SSSR count). The van der Waals surface area contributed by atoms with E-state index in [9.17, 15) is 0 Å². The van der Waals surface area contributed by atoms with Crippen molar-refractivity contribution in [1.29, 1.82) is 0 Å². The van der Waals surface area contributed by atoms with Crippen LogP contribution in [-0.2, 0) is 13.0 Å². The summed E-state index contributed by atoms with van der Waals surface area (Å²) >= 11 is 0. The molecule has 2 saturated heterocycles. The van der Waals surface area contributed by atoms with Gasteiger partial charge in [0.15, 0.2) is 5.96 Å². The van der Waals surface area contributed by atoms with Crippen LogP contribution in [0.2, 0.25) is 0 Å². The first-order valence-corrected chi connectivity index (χ1v) is 12.3.